The molecule has 0 heterocycles. The molecule has 0 unspecified atom stereocenters. The van der Waals surface area contributed by atoms with Crippen molar-refractivity contribution in [3.05, 3.63) is 23.8 Å². The Morgan fingerprint density at radius 3 is 2.40 bits per heavy atom. The molecule has 0 bridgehead atoms. The number of benzene rings is 1. The first-order chi connectivity index (χ1) is 9.26. The zero-order valence-corrected chi connectivity index (χ0v) is 10.5. The molecule has 0 radical (unpaired) electrons. The van der Waals surface area contributed by atoms with Gasteiger partial charge in [-0.15, -0.1) is 13.2 Å². The smallest absolute Gasteiger partial charge is 0.481 e. The molecule has 0 aromatic heterocycles. The van der Waals surface area contributed by atoms with E-state index in [0.717, 1.165) is 6.07 Å². The Kier molecular flexibility index (Phi) is 3.54. The molecular formula is C13H14F3NO3. The highest BCUT2D eigenvalue weighted by Crippen LogP contribution is 2.46. The van der Waals surface area contributed by atoms with Gasteiger partial charge in [0.2, 0.25) is 0 Å². The van der Waals surface area contributed by atoms with Gasteiger partial charge in [-0.25, -0.2) is 0 Å². The number of hydrogen-bond acceptors (Lipinski definition) is 3. The number of para-hydroxylation sites is 1. The topological polar surface area (TPSA) is 72.5 Å². The lowest BCUT2D eigenvalue weighted by molar-refractivity contribution is -0.274. The summed E-state index contributed by atoms with van der Waals surface area (Å²) in [5, 5.41) is 9.45. The van der Waals surface area contributed by atoms with Crippen LogP contribution in [0, 0.1) is 0 Å². The standard InChI is InChI=1S/C13H14F3NO3/c14-13(15,16)20-9-5-3-4-8(10(9)17)12(11(18)19)6-1-2-7-12/h3-5H,1-2,6-7,17H2,(H,18,19). The van der Waals surface area contributed by atoms with Crippen LogP contribution >= 0.6 is 0 Å². The molecule has 0 spiro atoms. The summed E-state index contributed by atoms with van der Waals surface area (Å²) in [6, 6.07) is 3.87. The molecule has 2 rings (SSSR count). The first-order valence-electron chi connectivity index (χ1n) is 6.14. The number of halogens is 3. The lowest BCUT2D eigenvalue weighted by Crippen LogP contribution is -2.33. The van der Waals surface area contributed by atoms with Crippen LogP contribution in [0.4, 0.5) is 18.9 Å². The monoisotopic (exact) mass is 289 g/mol. The van der Waals surface area contributed by atoms with Gasteiger partial charge in [0.05, 0.1) is 11.1 Å². The Hall–Kier alpha value is -1.92. The van der Waals surface area contributed by atoms with E-state index in [1.165, 1.54) is 12.1 Å². The second kappa shape index (κ2) is 4.88. The van der Waals surface area contributed by atoms with Crippen LogP contribution in [0.3, 0.4) is 0 Å². The molecule has 110 valence electrons. The largest absolute Gasteiger partial charge is 0.573 e. The predicted octanol–water partition coefficient (Wildman–Crippen LogP) is 3.06. The first-order valence-corrected chi connectivity index (χ1v) is 6.14. The minimum atomic E-state index is -4.86. The Balaban J connectivity index is 2.47. The van der Waals surface area contributed by atoms with Crippen LogP contribution in [0.15, 0.2) is 18.2 Å². The van der Waals surface area contributed by atoms with Gasteiger partial charge < -0.3 is 15.6 Å². The van der Waals surface area contributed by atoms with E-state index < -0.39 is 23.5 Å². The number of nitrogen functional groups attached to an aromatic ring is 1. The van der Waals surface area contributed by atoms with Crippen LogP contribution in [0.1, 0.15) is 31.2 Å². The SMILES string of the molecule is Nc1c(OC(F)(F)F)cccc1C1(C(=O)O)CCCC1. The maximum Gasteiger partial charge on any atom is 0.573 e. The molecule has 7 heteroatoms. The van der Waals surface area contributed by atoms with Gasteiger partial charge in [0.25, 0.3) is 0 Å². The molecule has 1 aliphatic rings. The normalized spacial score (nSPS) is 17.9. The van der Waals surface area contributed by atoms with Gasteiger partial charge in [-0.2, -0.15) is 0 Å². The average Bonchev–Trinajstić information content (AvgIpc) is 2.80. The van der Waals surface area contributed by atoms with Crippen LogP contribution in [0.2, 0.25) is 0 Å². The number of carboxylic acid groups (broad SMARTS) is 1. The van der Waals surface area contributed by atoms with E-state index in [-0.39, 0.29) is 11.3 Å². The number of carbonyl (C=O) groups is 1. The molecule has 1 aliphatic carbocycles. The fourth-order valence-corrected chi connectivity index (χ4v) is 2.75. The molecule has 4 nitrogen and oxygen atoms in total. The summed E-state index contributed by atoms with van der Waals surface area (Å²) in [4.78, 5) is 11.6. The maximum atomic E-state index is 12.3. The lowest BCUT2D eigenvalue weighted by atomic mass is 9.78. The lowest BCUT2D eigenvalue weighted by Gasteiger charge is -2.26. The number of rotatable bonds is 3. The van der Waals surface area contributed by atoms with E-state index in [9.17, 15) is 23.1 Å². The van der Waals surface area contributed by atoms with Crippen molar-refractivity contribution in [1.29, 1.82) is 0 Å². The van der Waals surface area contributed by atoms with Crippen LogP contribution < -0.4 is 10.5 Å². The van der Waals surface area contributed by atoms with Gasteiger partial charge in [0, 0.05) is 0 Å². The summed E-state index contributed by atoms with van der Waals surface area (Å²) in [5.41, 5.74) is 4.43. The highest BCUT2D eigenvalue weighted by molar-refractivity contribution is 5.85. The van der Waals surface area contributed by atoms with E-state index >= 15 is 0 Å². The molecule has 0 saturated heterocycles. The van der Waals surface area contributed by atoms with Gasteiger partial charge in [0.15, 0.2) is 5.75 Å². The average molecular weight is 289 g/mol. The van der Waals surface area contributed by atoms with E-state index in [1.54, 1.807) is 0 Å². The van der Waals surface area contributed by atoms with Crippen molar-refractivity contribution in [1.82, 2.24) is 0 Å². The number of hydrogen-bond donors (Lipinski definition) is 2. The summed E-state index contributed by atoms with van der Waals surface area (Å²) in [7, 11) is 0. The zero-order valence-electron chi connectivity index (χ0n) is 10.5. The molecule has 0 atom stereocenters. The predicted molar refractivity (Wildman–Crippen MR) is 65.3 cm³/mol. The van der Waals surface area contributed by atoms with E-state index in [1.807, 2.05) is 0 Å². The third-order valence-corrected chi connectivity index (χ3v) is 3.67. The Labute approximate surface area is 113 Å². The molecule has 1 aromatic carbocycles. The van der Waals surface area contributed by atoms with Crippen LogP contribution in [0.25, 0.3) is 0 Å². The molecular weight excluding hydrogens is 275 g/mol. The Morgan fingerprint density at radius 1 is 1.30 bits per heavy atom. The van der Waals surface area contributed by atoms with Gasteiger partial charge in [-0.1, -0.05) is 25.0 Å². The number of aliphatic carboxylic acids is 1. The Morgan fingerprint density at radius 2 is 1.90 bits per heavy atom. The molecule has 1 saturated carbocycles. The molecule has 0 amide bonds. The molecule has 0 aliphatic heterocycles. The fraction of sp³-hybridized carbons (Fsp3) is 0.462. The second-order valence-corrected chi connectivity index (χ2v) is 4.86. The fourth-order valence-electron chi connectivity index (χ4n) is 2.75. The molecule has 3 N–H and O–H groups in total. The Bertz CT molecular complexity index is 522. The highest BCUT2D eigenvalue weighted by Gasteiger charge is 2.45. The zero-order chi connectivity index (χ0) is 15.0. The third-order valence-electron chi connectivity index (χ3n) is 3.67. The van der Waals surface area contributed by atoms with Crippen LogP contribution in [-0.2, 0) is 10.2 Å². The van der Waals surface area contributed by atoms with Gasteiger partial charge in [0.1, 0.15) is 0 Å². The molecule has 20 heavy (non-hydrogen) atoms. The van der Waals surface area contributed by atoms with Gasteiger partial charge in [-0.3, -0.25) is 4.79 Å². The summed E-state index contributed by atoms with van der Waals surface area (Å²) in [5.74, 6) is -1.62. The maximum absolute atomic E-state index is 12.3. The highest BCUT2D eigenvalue weighted by atomic mass is 19.4. The molecule has 1 aromatic rings. The van der Waals surface area contributed by atoms with Crippen molar-refractivity contribution in [2.45, 2.75) is 37.5 Å². The number of nitrogens with two attached hydrogens (primary N) is 1. The van der Waals surface area contributed by atoms with E-state index in [0.29, 0.717) is 25.7 Å². The van der Waals surface area contributed by atoms with Gasteiger partial charge >= 0.3 is 12.3 Å². The van der Waals surface area contributed by atoms with Crippen molar-refractivity contribution in [2.24, 2.45) is 0 Å². The second-order valence-electron chi connectivity index (χ2n) is 4.86. The molecule has 1 fully saturated rings. The third kappa shape index (κ3) is 2.52. The van der Waals surface area contributed by atoms with Crippen LogP contribution in [0.5, 0.6) is 5.75 Å². The van der Waals surface area contributed by atoms with Crippen molar-refractivity contribution in [2.75, 3.05) is 5.73 Å². The number of ether oxygens (including phenoxy) is 1. The minimum Gasteiger partial charge on any atom is -0.481 e. The van der Waals surface area contributed by atoms with Crippen molar-refractivity contribution >= 4 is 11.7 Å². The van der Waals surface area contributed by atoms with E-state index in [4.69, 9.17) is 5.73 Å². The quantitative estimate of drug-likeness (QED) is 0.839. The summed E-state index contributed by atoms with van der Waals surface area (Å²) < 4.78 is 40.7. The minimum absolute atomic E-state index is 0.198. The van der Waals surface area contributed by atoms with Crippen molar-refractivity contribution in [3.8, 4) is 5.75 Å². The summed E-state index contributed by atoms with van der Waals surface area (Å²) in [6.45, 7) is 0. The van der Waals surface area contributed by atoms with Crippen LogP contribution in [-0.4, -0.2) is 17.4 Å². The van der Waals surface area contributed by atoms with Gasteiger partial charge in [-0.05, 0) is 24.5 Å². The number of carboxylic acids is 1. The first kappa shape index (κ1) is 14.5. The van der Waals surface area contributed by atoms with Crippen molar-refractivity contribution < 1.29 is 27.8 Å². The van der Waals surface area contributed by atoms with Crippen molar-refractivity contribution in [3.63, 3.8) is 0 Å². The number of alkyl halides is 3. The number of anilines is 1. The van der Waals surface area contributed by atoms with E-state index in [2.05, 4.69) is 4.74 Å². The summed E-state index contributed by atoms with van der Waals surface area (Å²) in [6.07, 6.45) is -2.73. The summed E-state index contributed by atoms with van der Waals surface area (Å²) >= 11 is 0.